The molecule has 0 amide bonds. The van der Waals surface area contributed by atoms with Crippen molar-refractivity contribution in [3.05, 3.63) is 59.1 Å². The van der Waals surface area contributed by atoms with E-state index in [0.717, 1.165) is 29.2 Å². The van der Waals surface area contributed by atoms with Crippen molar-refractivity contribution >= 4 is 11.8 Å². The molecule has 0 spiro atoms. The molecular weight excluding hydrogens is 220 g/mol. The molecule has 1 aliphatic rings. The summed E-state index contributed by atoms with van der Waals surface area (Å²) in [5.41, 5.74) is 6.38. The van der Waals surface area contributed by atoms with Crippen LogP contribution >= 0.6 is 0 Å². The number of rotatable bonds is 0. The van der Waals surface area contributed by atoms with Gasteiger partial charge in [0.25, 0.3) is 0 Å². The Bertz CT molecular complexity index is 575. The molecule has 92 valence electrons. The fourth-order valence-electron chi connectivity index (χ4n) is 2.13. The highest BCUT2D eigenvalue weighted by atomic mass is 14.7. The SMILES string of the molecule is C=C1/C=C\c2cc(C)nc(C)c2C/C=C\C(C)=N/1. The van der Waals surface area contributed by atoms with Gasteiger partial charge < -0.3 is 0 Å². The average Bonchev–Trinajstić information content (AvgIpc) is 2.28. The lowest BCUT2D eigenvalue weighted by Crippen LogP contribution is -1.99. The second kappa shape index (κ2) is 5.13. The summed E-state index contributed by atoms with van der Waals surface area (Å²) in [6.45, 7) is 10.0. The largest absolute Gasteiger partial charge is 0.258 e. The van der Waals surface area contributed by atoms with Crippen LogP contribution in [-0.4, -0.2) is 10.7 Å². The van der Waals surface area contributed by atoms with E-state index < -0.39 is 0 Å². The van der Waals surface area contributed by atoms with E-state index in [1.165, 1.54) is 11.1 Å². The standard InChI is InChI=1S/C16H18N2/c1-11-6-5-7-16-14(4)18-13(3)10-15(16)9-8-12(2)17-11/h5-6,8-10H,2,7H2,1,3-4H3/b6-5-,9-8-,17-11-. The number of nitrogens with zero attached hydrogens (tertiary/aromatic N) is 2. The first-order valence-corrected chi connectivity index (χ1v) is 6.12. The lowest BCUT2D eigenvalue weighted by Gasteiger charge is -2.10. The molecule has 1 aromatic rings. The molecule has 2 nitrogen and oxygen atoms in total. The first kappa shape index (κ1) is 12.5. The van der Waals surface area contributed by atoms with E-state index in [0.29, 0.717) is 0 Å². The molecule has 18 heavy (non-hydrogen) atoms. The third kappa shape index (κ3) is 2.83. The first-order chi connectivity index (χ1) is 8.56. The maximum Gasteiger partial charge on any atom is 0.0561 e. The zero-order valence-corrected chi connectivity index (χ0v) is 11.2. The van der Waals surface area contributed by atoms with Gasteiger partial charge >= 0.3 is 0 Å². The lowest BCUT2D eigenvalue weighted by molar-refractivity contribution is 1.05. The second-order valence-corrected chi connectivity index (χ2v) is 4.60. The van der Waals surface area contributed by atoms with Crippen molar-refractivity contribution in [3.8, 4) is 0 Å². The zero-order chi connectivity index (χ0) is 13.1. The van der Waals surface area contributed by atoms with Gasteiger partial charge in [-0.3, -0.25) is 9.98 Å². The third-order valence-corrected chi connectivity index (χ3v) is 2.95. The monoisotopic (exact) mass is 238 g/mol. The van der Waals surface area contributed by atoms with Gasteiger partial charge in [0, 0.05) is 17.1 Å². The van der Waals surface area contributed by atoms with Gasteiger partial charge in [0.1, 0.15) is 0 Å². The highest BCUT2D eigenvalue weighted by molar-refractivity contribution is 5.93. The van der Waals surface area contributed by atoms with Crippen LogP contribution in [0.3, 0.4) is 0 Å². The van der Waals surface area contributed by atoms with Gasteiger partial charge in [0.2, 0.25) is 0 Å². The topological polar surface area (TPSA) is 25.2 Å². The number of aryl methyl sites for hydroxylation is 2. The van der Waals surface area contributed by atoms with E-state index in [2.05, 4.69) is 41.7 Å². The Labute approximate surface area is 108 Å². The number of aliphatic imine (C=N–C) groups is 1. The Balaban J connectivity index is 2.54. The van der Waals surface area contributed by atoms with Gasteiger partial charge in [-0.25, -0.2) is 0 Å². The highest BCUT2D eigenvalue weighted by Crippen LogP contribution is 2.18. The van der Waals surface area contributed by atoms with Gasteiger partial charge in [0.05, 0.1) is 5.70 Å². The lowest BCUT2D eigenvalue weighted by atomic mass is 10.0. The molecule has 0 aromatic carbocycles. The van der Waals surface area contributed by atoms with Crippen LogP contribution in [0.5, 0.6) is 0 Å². The predicted octanol–water partition coefficient (Wildman–Crippen LogP) is 3.80. The minimum atomic E-state index is 0.775. The minimum absolute atomic E-state index is 0.775. The van der Waals surface area contributed by atoms with E-state index in [-0.39, 0.29) is 0 Å². The van der Waals surface area contributed by atoms with E-state index in [4.69, 9.17) is 0 Å². The van der Waals surface area contributed by atoms with Crippen molar-refractivity contribution in [2.24, 2.45) is 4.99 Å². The Morgan fingerprint density at radius 1 is 1.11 bits per heavy atom. The van der Waals surface area contributed by atoms with Crippen LogP contribution in [0.1, 0.15) is 29.4 Å². The van der Waals surface area contributed by atoms with Crippen LogP contribution < -0.4 is 0 Å². The molecular formula is C16H18N2. The van der Waals surface area contributed by atoms with Crippen LogP contribution in [0.2, 0.25) is 0 Å². The molecule has 0 radical (unpaired) electrons. The van der Waals surface area contributed by atoms with Gasteiger partial charge in [-0.2, -0.15) is 0 Å². The Morgan fingerprint density at radius 3 is 2.67 bits per heavy atom. The third-order valence-electron chi connectivity index (χ3n) is 2.95. The summed E-state index contributed by atoms with van der Waals surface area (Å²) in [5.74, 6) is 0. The minimum Gasteiger partial charge on any atom is -0.258 e. The van der Waals surface area contributed by atoms with E-state index in [1.54, 1.807) is 0 Å². The number of fused-ring (bicyclic) bond motifs is 1. The van der Waals surface area contributed by atoms with Crippen LogP contribution in [0.25, 0.3) is 6.08 Å². The molecule has 0 N–H and O–H groups in total. The number of pyridine rings is 1. The molecule has 0 fully saturated rings. The molecule has 1 aromatic heterocycles. The molecule has 0 aliphatic carbocycles. The fraction of sp³-hybridized carbons (Fsp3) is 0.250. The van der Waals surface area contributed by atoms with Gasteiger partial charge in [-0.15, -0.1) is 0 Å². The van der Waals surface area contributed by atoms with Gasteiger partial charge in [0.15, 0.2) is 0 Å². The smallest absolute Gasteiger partial charge is 0.0561 e. The predicted molar refractivity (Wildman–Crippen MR) is 77.8 cm³/mol. The van der Waals surface area contributed by atoms with Crippen LogP contribution in [-0.2, 0) is 6.42 Å². The molecule has 0 saturated heterocycles. The quantitative estimate of drug-likeness (QED) is 0.675. The molecule has 2 heterocycles. The normalized spacial score (nSPS) is 21.7. The highest BCUT2D eigenvalue weighted by Gasteiger charge is 2.06. The van der Waals surface area contributed by atoms with Crippen molar-refractivity contribution < 1.29 is 0 Å². The zero-order valence-electron chi connectivity index (χ0n) is 11.2. The number of hydrogen-bond donors (Lipinski definition) is 0. The average molecular weight is 238 g/mol. The Hall–Kier alpha value is -1.96. The fourth-order valence-corrected chi connectivity index (χ4v) is 2.13. The summed E-state index contributed by atoms with van der Waals surface area (Å²) in [5, 5.41) is 0. The van der Waals surface area contributed by atoms with E-state index in [9.17, 15) is 0 Å². The van der Waals surface area contributed by atoms with Crippen molar-refractivity contribution in [2.75, 3.05) is 0 Å². The number of aromatic nitrogens is 1. The first-order valence-electron chi connectivity index (χ1n) is 6.12. The summed E-state index contributed by atoms with van der Waals surface area (Å²) in [7, 11) is 0. The van der Waals surface area contributed by atoms with Crippen LogP contribution in [0.15, 0.2) is 41.6 Å². The summed E-state index contributed by atoms with van der Waals surface area (Å²) in [6, 6.07) is 2.11. The van der Waals surface area contributed by atoms with Crippen molar-refractivity contribution in [2.45, 2.75) is 27.2 Å². The molecule has 0 unspecified atom stereocenters. The molecule has 2 heteroatoms. The summed E-state index contributed by atoms with van der Waals surface area (Å²) >= 11 is 0. The van der Waals surface area contributed by atoms with E-state index >= 15 is 0 Å². The molecule has 0 atom stereocenters. The summed E-state index contributed by atoms with van der Waals surface area (Å²) < 4.78 is 0. The van der Waals surface area contributed by atoms with Gasteiger partial charge in [-0.1, -0.05) is 18.7 Å². The Morgan fingerprint density at radius 2 is 1.89 bits per heavy atom. The number of allylic oxidation sites excluding steroid dienone is 3. The van der Waals surface area contributed by atoms with Crippen LogP contribution in [0, 0.1) is 13.8 Å². The van der Waals surface area contributed by atoms with Crippen molar-refractivity contribution in [1.82, 2.24) is 4.98 Å². The molecule has 0 bridgehead atoms. The summed E-state index contributed by atoms with van der Waals surface area (Å²) in [6.07, 6.45) is 9.09. The van der Waals surface area contributed by atoms with Crippen molar-refractivity contribution in [1.29, 1.82) is 0 Å². The van der Waals surface area contributed by atoms with E-state index in [1.807, 2.05) is 26.0 Å². The van der Waals surface area contributed by atoms with Gasteiger partial charge in [-0.05, 0) is 56.5 Å². The molecule has 1 aliphatic heterocycles. The molecule has 2 rings (SSSR count). The maximum absolute atomic E-state index is 4.53. The van der Waals surface area contributed by atoms with Crippen LogP contribution in [0.4, 0.5) is 0 Å². The number of hydrogen-bond acceptors (Lipinski definition) is 2. The Kier molecular flexibility index (Phi) is 3.56. The maximum atomic E-state index is 4.53. The summed E-state index contributed by atoms with van der Waals surface area (Å²) in [4.78, 5) is 8.92. The molecule has 0 saturated carbocycles. The second-order valence-electron chi connectivity index (χ2n) is 4.60. The van der Waals surface area contributed by atoms with Crippen molar-refractivity contribution in [3.63, 3.8) is 0 Å².